The second-order valence-electron chi connectivity index (χ2n) is 6.62. The van der Waals surface area contributed by atoms with E-state index in [0.717, 1.165) is 25.1 Å². The molecule has 1 N–H and O–H groups in total. The largest absolute Gasteiger partial charge is 0.367 e. The van der Waals surface area contributed by atoms with Crippen LogP contribution >= 0.6 is 0 Å². The van der Waals surface area contributed by atoms with Crippen molar-refractivity contribution in [3.63, 3.8) is 0 Å². The minimum Gasteiger partial charge on any atom is -0.367 e. The Hall–Kier alpha value is -3.14. The van der Waals surface area contributed by atoms with Crippen LogP contribution in [-0.2, 0) is 13.0 Å². The smallest absolute Gasteiger partial charge is 0.256 e. The number of para-hydroxylation sites is 1. The molecule has 4 rings (SSSR count). The van der Waals surface area contributed by atoms with Crippen molar-refractivity contribution in [3.05, 3.63) is 89.1 Å². The molecule has 0 saturated heterocycles. The molecular weight excluding hydrogens is 322 g/mol. The second kappa shape index (κ2) is 7.00. The van der Waals surface area contributed by atoms with E-state index in [-0.39, 0.29) is 5.91 Å². The number of carbonyl (C=O) groups excluding carboxylic acids is 1. The number of pyridine rings is 1. The third-order valence-electron chi connectivity index (χ3n) is 4.81. The van der Waals surface area contributed by atoms with Crippen molar-refractivity contribution in [2.75, 3.05) is 16.8 Å². The molecule has 0 spiro atoms. The van der Waals surface area contributed by atoms with Gasteiger partial charge in [-0.05, 0) is 54.3 Å². The highest BCUT2D eigenvalue weighted by Crippen LogP contribution is 2.28. The van der Waals surface area contributed by atoms with Crippen molar-refractivity contribution in [1.82, 2.24) is 4.98 Å². The molecule has 1 aliphatic rings. The lowest BCUT2D eigenvalue weighted by Crippen LogP contribution is -2.19. The van der Waals surface area contributed by atoms with Crippen molar-refractivity contribution < 1.29 is 4.79 Å². The van der Waals surface area contributed by atoms with Crippen molar-refractivity contribution in [2.24, 2.45) is 0 Å². The van der Waals surface area contributed by atoms with Crippen LogP contribution in [-0.4, -0.2) is 17.4 Å². The lowest BCUT2D eigenvalue weighted by atomic mass is 10.1. The number of benzene rings is 2. The van der Waals surface area contributed by atoms with E-state index in [2.05, 4.69) is 39.5 Å². The lowest BCUT2D eigenvalue weighted by Gasteiger charge is -2.19. The molecule has 130 valence electrons. The Balaban J connectivity index is 1.44. The number of fused-ring (bicyclic) bond motifs is 1. The highest BCUT2D eigenvalue weighted by atomic mass is 16.1. The molecule has 1 amide bonds. The molecule has 26 heavy (non-hydrogen) atoms. The molecule has 2 heterocycles. The van der Waals surface area contributed by atoms with Crippen molar-refractivity contribution in [1.29, 1.82) is 0 Å². The topological polar surface area (TPSA) is 45.2 Å². The normalized spacial score (nSPS) is 12.7. The Labute approximate surface area is 153 Å². The van der Waals surface area contributed by atoms with E-state index >= 15 is 0 Å². The molecule has 0 saturated carbocycles. The summed E-state index contributed by atoms with van der Waals surface area (Å²) in [7, 11) is 0. The number of anilines is 2. The van der Waals surface area contributed by atoms with Crippen LogP contribution in [0.2, 0.25) is 0 Å². The van der Waals surface area contributed by atoms with Crippen LogP contribution in [0.3, 0.4) is 0 Å². The maximum atomic E-state index is 12.4. The minimum atomic E-state index is -0.134. The van der Waals surface area contributed by atoms with Crippen molar-refractivity contribution in [2.45, 2.75) is 19.9 Å². The van der Waals surface area contributed by atoms with Crippen LogP contribution in [0.4, 0.5) is 11.5 Å². The fourth-order valence-electron chi connectivity index (χ4n) is 3.35. The zero-order chi connectivity index (χ0) is 17.9. The Kier molecular flexibility index (Phi) is 4.40. The van der Waals surface area contributed by atoms with Crippen molar-refractivity contribution in [3.8, 4) is 0 Å². The summed E-state index contributed by atoms with van der Waals surface area (Å²) in [6.45, 7) is 3.83. The number of aryl methyl sites for hydroxylation is 1. The molecule has 0 radical (unpaired) electrons. The molecule has 4 nitrogen and oxygen atoms in total. The molecule has 0 atom stereocenters. The van der Waals surface area contributed by atoms with Gasteiger partial charge >= 0.3 is 0 Å². The zero-order valence-corrected chi connectivity index (χ0v) is 14.8. The van der Waals surface area contributed by atoms with E-state index in [9.17, 15) is 4.79 Å². The van der Waals surface area contributed by atoms with Crippen LogP contribution in [0.1, 0.15) is 27.0 Å². The van der Waals surface area contributed by atoms with Gasteiger partial charge in [-0.1, -0.05) is 36.4 Å². The fraction of sp³-hybridized carbons (Fsp3) is 0.182. The van der Waals surface area contributed by atoms with Gasteiger partial charge in [-0.2, -0.15) is 0 Å². The standard InChI is InChI=1S/C22H21N3O/c1-16-5-4-13-23-21(16)24-22(26)19-10-8-17(9-11-19)15-25-14-12-18-6-2-3-7-20(18)25/h2-11,13H,12,14-15H2,1H3,(H,23,24,26). The molecule has 0 unspecified atom stereocenters. The van der Waals surface area contributed by atoms with Gasteiger partial charge in [0.2, 0.25) is 0 Å². The highest BCUT2D eigenvalue weighted by molar-refractivity contribution is 6.04. The van der Waals surface area contributed by atoms with Crippen LogP contribution in [0.15, 0.2) is 66.9 Å². The van der Waals surface area contributed by atoms with Crippen LogP contribution < -0.4 is 10.2 Å². The molecule has 4 heteroatoms. The maximum Gasteiger partial charge on any atom is 0.256 e. The minimum absolute atomic E-state index is 0.134. The summed E-state index contributed by atoms with van der Waals surface area (Å²) in [5.41, 5.74) is 5.52. The first-order valence-corrected chi connectivity index (χ1v) is 8.85. The number of rotatable bonds is 4. The number of hydrogen-bond acceptors (Lipinski definition) is 3. The van der Waals surface area contributed by atoms with Gasteiger partial charge < -0.3 is 10.2 Å². The summed E-state index contributed by atoms with van der Waals surface area (Å²) in [4.78, 5) is 19.0. The Morgan fingerprint density at radius 3 is 2.69 bits per heavy atom. The number of aromatic nitrogens is 1. The first-order chi connectivity index (χ1) is 12.7. The summed E-state index contributed by atoms with van der Waals surface area (Å²) < 4.78 is 0. The predicted molar refractivity (Wildman–Crippen MR) is 105 cm³/mol. The molecular formula is C22H21N3O. The Bertz CT molecular complexity index is 934. The van der Waals surface area contributed by atoms with Gasteiger partial charge in [0, 0.05) is 30.5 Å². The van der Waals surface area contributed by atoms with Gasteiger partial charge in [-0.15, -0.1) is 0 Å². The number of amides is 1. The van der Waals surface area contributed by atoms with Crippen LogP contribution in [0.25, 0.3) is 0 Å². The number of nitrogens with zero attached hydrogens (tertiary/aromatic N) is 2. The van der Waals surface area contributed by atoms with Gasteiger partial charge in [0.15, 0.2) is 0 Å². The third kappa shape index (κ3) is 3.31. The van der Waals surface area contributed by atoms with Gasteiger partial charge in [0.1, 0.15) is 5.82 Å². The predicted octanol–water partition coefficient (Wildman–Crippen LogP) is 4.21. The van der Waals surface area contributed by atoms with Crippen LogP contribution in [0.5, 0.6) is 0 Å². The molecule has 0 aliphatic carbocycles. The summed E-state index contributed by atoms with van der Waals surface area (Å²) in [5.74, 6) is 0.472. The molecule has 3 aromatic rings. The SMILES string of the molecule is Cc1cccnc1NC(=O)c1ccc(CN2CCc3ccccc32)cc1. The van der Waals surface area contributed by atoms with E-state index in [1.54, 1.807) is 6.20 Å². The van der Waals surface area contributed by atoms with E-state index < -0.39 is 0 Å². The molecule has 0 fully saturated rings. The molecule has 2 aromatic carbocycles. The quantitative estimate of drug-likeness (QED) is 0.772. The van der Waals surface area contributed by atoms with E-state index in [1.807, 2.05) is 43.3 Å². The monoisotopic (exact) mass is 343 g/mol. The van der Waals surface area contributed by atoms with E-state index in [4.69, 9.17) is 0 Å². The zero-order valence-electron chi connectivity index (χ0n) is 14.8. The molecule has 1 aliphatic heterocycles. The summed E-state index contributed by atoms with van der Waals surface area (Å²) in [5, 5.41) is 2.87. The second-order valence-corrected chi connectivity index (χ2v) is 6.62. The van der Waals surface area contributed by atoms with Gasteiger partial charge in [-0.25, -0.2) is 4.98 Å². The summed E-state index contributed by atoms with van der Waals surface area (Å²) in [6.07, 6.45) is 2.78. The van der Waals surface area contributed by atoms with Gasteiger partial charge in [-0.3, -0.25) is 4.79 Å². The average Bonchev–Trinajstić information content (AvgIpc) is 3.07. The fourth-order valence-corrected chi connectivity index (χ4v) is 3.35. The first-order valence-electron chi connectivity index (χ1n) is 8.85. The van der Waals surface area contributed by atoms with Crippen molar-refractivity contribution >= 4 is 17.4 Å². The van der Waals surface area contributed by atoms with Gasteiger partial charge in [0.25, 0.3) is 5.91 Å². The summed E-state index contributed by atoms with van der Waals surface area (Å²) >= 11 is 0. The third-order valence-corrected chi connectivity index (χ3v) is 4.81. The Morgan fingerprint density at radius 1 is 1.08 bits per heavy atom. The highest BCUT2D eigenvalue weighted by Gasteiger charge is 2.18. The number of nitrogens with one attached hydrogen (secondary N) is 1. The maximum absolute atomic E-state index is 12.4. The Morgan fingerprint density at radius 2 is 1.88 bits per heavy atom. The number of hydrogen-bond donors (Lipinski definition) is 1. The van der Waals surface area contributed by atoms with E-state index in [1.165, 1.54) is 16.8 Å². The molecule has 1 aromatic heterocycles. The lowest BCUT2D eigenvalue weighted by molar-refractivity contribution is 0.102. The molecule has 0 bridgehead atoms. The average molecular weight is 343 g/mol. The number of carbonyl (C=O) groups is 1. The van der Waals surface area contributed by atoms with Crippen LogP contribution in [0, 0.1) is 6.92 Å². The first kappa shape index (κ1) is 16.3. The van der Waals surface area contributed by atoms with E-state index in [0.29, 0.717) is 11.4 Å². The summed E-state index contributed by atoms with van der Waals surface area (Å²) in [6, 6.07) is 20.2. The van der Waals surface area contributed by atoms with Gasteiger partial charge in [0.05, 0.1) is 0 Å².